The van der Waals surface area contributed by atoms with E-state index in [2.05, 4.69) is 10.3 Å². The van der Waals surface area contributed by atoms with Gasteiger partial charge in [0.2, 0.25) is 0 Å². The summed E-state index contributed by atoms with van der Waals surface area (Å²) in [5.74, 6) is -1.40. The molecule has 18 heavy (non-hydrogen) atoms. The first-order chi connectivity index (χ1) is 8.59. The fourth-order valence-corrected chi connectivity index (χ4v) is 1.79. The van der Waals surface area contributed by atoms with E-state index < -0.39 is 12.0 Å². The van der Waals surface area contributed by atoms with Crippen molar-refractivity contribution in [2.24, 2.45) is 5.73 Å². The number of nitrogens with two attached hydrogens (primary N) is 1. The van der Waals surface area contributed by atoms with Crippen LogP contribution in [0, 0.1) is 5.82 Å². The van der Waals surface area contributed by atoms with E-state index in [1.807, 2.05) is 0 Å². The largest absolute Gasteiger partial charge is 0.480 e. The van der Waals surface area contributed by atoms with Gasteiger partial charge < -0.3 is 21.1 Å². The molecule has 5 nitrogen and oxygen atoms in total. The van der Waals surface area contributed by atoms with E-state index in [0.29, 0.717) is 5.56 Å². The number of hydrogen-bond acceptors (Lipinski definition) is 3. The summed E-state index contributed by atoms with van der Waals surface area (Å²) in [6, 6.07) is 3.84. The molecule has 1 atom stereocenters. The lowest BCUT2D eigenvalue weighted by Gasteiger charge is -2.10. The van der Waals surface area contributed by atoms with Gasteiger partial charge in [0.05, 0.1) is 0 Å². The lowest BCUT2D eigenvalue weighted by Crippen LogP contribution is -2.40. The van der Waals surface area contributed by atoms with E-state index in [1.54, 1.807) is 18.3 Å². The maximum absolute atomic E-state index is 13.7. The van der Waals surface area contributed by atoms with Crippen molar-refractivity contribution < 1.29 is 14.3 Å². The van der Waals surface area contributed by atoms with E-state index in [9.17, 15) is 9.18 Å². The van der Waals surface area contributed by atoms with Crippen LogP contribution < -0.4 is 11.1 Å². The average Bonchev–Trinajstić information content (AvgIpc) is 2.79. The number of benzene rings is 1. The van der Waals surface area contributed by atoms with Gasteiger partial charge in [0, 0.05) is 35.8 Å². The molecule has 0 spiro atoms. The number of carboxylic acid groups (broad SMARTS) is 1. The third kappa shape index (κ3) is 2.49. The van der Waals surface area contributed by atoms with Gasteiger partial charge >= 0.3 is 5.97 Å². The highest BCUT2D eigenvalue weighted by Crippen LogP contribution is 2.20. The Bertz CT molecular complexity index is 567. The summed E-state index contributed by atoms with van der Waals surface area (Å²) >= 11 is 0. The Kier molecular flexibility index (Phi) is 3.59. The summed E-state index contributed by atoms with van der Waals surface area (Å²) in [4.78, 5) is 13.5. The van der Waals surface area contributed by atoms with Gasteiger partial charge in [0.1, 0.15) is 11.9 Å². The van der Waals surface area contributed by atoms with E-state index in [4.69, 9.17) is 10.8 Å². The number of halogens is 1. The summed E-state index contributed by atoms with van der Waals surface area (Å²) < 4.78 is 13.7. The molecule has 0 saturated heterocycles. The third-order valence-corrected chi connectivity index (χ3v) is 2.77. The number of nitrogens with one attached hydrogen (secondary N) is 2. The zero-order valence-electron chi connectivity index (χ0n) is 9.61. The SMILES string of the molecule is N[C@H](CNCc1c(F)ccc2[nH]ccc12)C(=O)O. The molecule has 96 valence electrons. The predicted octanol–water partition coefficient (Wildman–Crippen LogP) is 0.808. The van der Waals surface area contributed by atoms with Gasteiger partial charge in [-0.1, -0.05) is 0 Å². The third-order valence-electron chi connectivity index (χ3n) is 2.77. The maximum atomic E-state index is 13.7. The lowest BCUT2D eigenvalue weighted by atomic mass is 10.1. The second-order valence-electron chi connectivity index (χ2n) is 4.04. The Morgan fingerprint density at radius 3 is 3.00 bits per heavy atom. The molecule has 0 fully saturated rings. The molecule has 0 aliphatic carbocycles. The molecule has 6 heteroatoms. The highest BCUT2D eigenvalue weighted by molar-refractivity contribution is 5.83. The second kappa shape index (κ2) is 5.16. The first-order valence-corrected chi connectivity index (χ1v) is 5.53. The van der Waals surface area contributed by atoms with Gasteiger partial charge in [-0.2, -0.15) is 0 Å². The summed E-state index contributed by atoms with van der Waals surface area (Å²) in [6.45, 7) is 0.331. The van der Waals surface area contributed by atoms with Crippen molar-refractivity contribution in [1.29, 1.82) is 0 Å². The standard InChI is InChI=1S/C12H14FN3O2/c13-9-1-2-11-7(3-4-16-11)8(9)5-15-6-10(14)12(17)18/h1-4,10,15-16H,5-6,14H2,(H,17,18)/t10-/m1/s1. The van der Waals surface area contributed by atoms with Crippen molar-refractivity contribution in [1.82, 2.24) is 10.3 Å². The van der Waals surface area contributed by atoms with Crippen molar-refractivity contribution in [2.45, 2.75) is 12.6 Å². The van der Waals surface area contributed by atoms with Crippen LogP contribution in [0.15, 0.2) is 24.4 Å². The Morgan fingerprint density at radius 2 is 2.28 bits per heavy atom. The van der Waals surface area contributed by atoms with E-state index >= 15 is 0 Å². The molecule has 1 heterocycles. The number of carbonyl (C=O) groups is 1. The predicted molar refractivity (Wildman–Crippen MR) is 65.6 cm³/mol. The highest BCUT2D eigenvalue weighted by atomic mass is 19.1. The zero-order valence-corrected chi connectivity index (χ0v) is 9.61. The molecule has 0 amide bonds. The van der Waals surface area contributed by atoms with Crippen LogP contribution in [0.2, 0.25) is 0 Å². The monoisotopic (exact) mass is 251 g/mol. The van der Waals surface area contributed by atoms with Crippen LogP contribution in [0.25, 0.3) is 10.9 Å². The Labute approximate surface area is 103 Å². The summed E-state index contributed by atoms with van der Waals surface area (Å²) in [7, 11) is 0. The van der Waals surface area contributed by atoms with Crippen molar-refractivity contribution in [3.05, 3.63) is 35.8 Å². The highest BCUT2D eigenvalue weighted by Gasteiger charge is 2.12. The van der Waals surface area contributed by atoms with Gasteiger partial charge in [-0.15, -0.1) is 0 Å². The topological polar surface area (TPSA) is 91.1 Å². The first kappa shape index (κ1) is 12.5. The molecule has 2 aromatic rings. The van der Waals surface area contributed by atoms with Crippen LogP contribution in [0.4, 0.5) is 4.39 Å². The minimum absolute atomic E-state index is 0.0928. The number of aliphatic carboxylic acids is 1. The number of carboxylic acids is 1. The smallest absolute Gasteiger partial charge is 0.321 e. The van der Waals surface area contributed by atoms with Crippen LogP contribution >= 0.6 is 0 Å². The molecule has 5 N–H and O–H groups in total. The molecule has 1 aromatic carbocycles. The molecule has 0 aliphatic rings. The van der Waals surface area contributed by atoms with E-state index in [-0.39, 0.29) is 18.9 Å². The number of aromatic amines is 1. The van der Waals surface area contributed by atoms with Crippen molar-refractivity contribution >= 4 is 16.9 Å². The fourth-order valence-electron chi connectivity index (χ4n) is 1.79. The number of aromatic nitrogens is 1. The number of rotatable bonds is 5. The van der Waals surface area contributed by atoms with E-state index in [1.165, 1.54) is 6.07 Å². The Hall–Kier alpha value is -1.92. The van der Waals surface area contributed by atoms with Gasteiger partial charge in [-0.25, -0.2) is 4.39 Å². The minimum atomic E-state index is -1.08. The molecule has 2 rings (SSSR count). The quantitative estimate of drug-likeness (QED) is 0.633. The molecule has 0 unspecified atom stereocenters. The van der Waals surface area contributed by atoms with Crippen molar-refractivity contribution in [2.75, 3.05) is 6.54 Å². The average molecular weight is 251 g/mol. The van der Waals surface area contributed by atoms with E-state index in [0.717, 1.165) is 10.9 Å². The van der Waals surface area contributed by atoms with Gasteiger partial charge in [0.25, 0.3) is 0 Å². The normalized spacial score (nSPS) is 12.8. The molecular formula is C12H14FN3O2. The van der Waals surface area contributed by atoms with Crippen LogP contribution in [0.5, 0.6) is 0 Å². The molecule has 0 bridgehead atoms. The number of H-pyrrole nitrogens is 1. The summed E-state index contributed by atoms with van der Waals surface area (Å²) in [5.41, 5.74) is 6.70. The van der Waals surface area contributed by atoms with Gasteiger partial charge in [-0.05, 0) is 18.2 Å². The number of hydrogen-bond donors (Lipinski definition) is 4. The fraction of sp³-hybridized carbons (Fsp3) is 0.250. The Morgan fingerprint density at radius 1 is 1.50 bits per heavy atom. The molecular weight excluding hydrogens is 237 g/mol. The van der Waals surface area contributed by atoms with Crippen LogP contribution in [-0.4, -0.2) is 28.6 Å². The summed E-state index contributed by atoms with van der Waals surface area (Å²) in [6.07, 6.45) is 1.73. The minimum Gasteiger partial charge on any atom is -0.480 e. The molecule has 0 radical (unpaired) electrons. The summed E-state index contributed by atoms with van der Waals surface area (Å²) in [5, 5.41) is 12.3. The van der Waals surface area contributed by atoms with Gasteiger partial charge in [0.15, 0.2) is 0 Å². The lowest BCUT2D eigenvalue weighted by molar-refractivity contribution is -0.138. The first-order valence-electron chi connectivity index (χ1n) is 5.53. The van der Waals surface area contributed by atoms with Crippen molar-refractivity contribution in [3.63, 3.8) is 0 Å². The molecule has 0 aliphatic heterocycles. The second-order valence-corrected chi connectivity index (χ2v) is 4.04. The van der Waals surface area contributed by atoms with Gasteiger partial charge in [-0.3, -0.25) is 4.79 Å². The molecule has 0 saturated carbocycles. The van der Waals surface area contributed by atoms with Crippen molar-refractivity contribution in [3.8, 4) is 0 Å². The maximum Gasteiger partial charge on any atom is 0.321 e. The zero-order chi connectivity index (χ0) is 13.1. The molecule has 1 aromatic heterocycles. The van der Waals surface area contributed by atoms with Crippen LogP contribution in [-0.2, 0) is 11.3 Å². The number of fused-ring (bicyclic) bond motifs is 1. The van der Waals surface area contributed by atoms with Crippen LogP contribution in [0.3, 0.4) is 0 Å². The Balaban J connectivity index is 2.09. The van der Waals surface area contributed by atoms with Crippen LogP contribution in [0.1, 0.15) is 5.56 Å².